The first-order valence-electron chi connectivity index (χ1n) is 5.65. The molecule has 0 saturated carbocycles. The van der Waals surface area contributed by atoms with E-state index in [2.05, 4.69) is 5.32 Å². The van der Waals surface area contributed by atoms with E-state index in [0.29, 0.717) is 16.5 Å². The van der Waals surface area contributed by atoms with Crippen LogP contribution in [-0.2, 0) is 4.79 Å². The van der Waals surface area contributed by atoms with Gasteiger partial charge >= 0.3 is 0 Å². The molecular formula is C14H18ClNO2. The zero-order chi connectivity index (χ0) is 13.8. The lowest BCUT2D eigenvalue weighted by molar-refractivity contribution is -0.121. The Hall–Kier alpha value is -1.48. The highest BCUT2D eigenvalue weighted by atomic mass is 35.5. The summed E-state index contributed by atoms with van der Waals surface area (Å²) in [6.45, 7) is 5.62. The van der Waals surface area contributed by atoms with E-state index in [1.54, 1.807) is 31.5 Å². The van der Waals surface area contributed by atoms with Gasteiger partial charge in [0, 0.05) is 17.7 Å². The molecule has 0 radical (unpaired) electrons. The number of rotatable bonds is 4. The third kappa shape index (κ3) is 4.08. The molecule has 0 heterocycles. The molecule has 1 aromatic carbocycles. The van der Waals surface area contributed by atoms with Crippen molar-refractivity contribution >= 4 is 23.1 Å². The van der Waals surface area contributed by atoms with Gasteiger partial charge in [-0.3, -0.25) is 4.79 Å². The van der Waals surface area contributed by atoms with Crippen LogP contribution in [0.1, 0.15) is 20.8 Å². The summed E-state index contributed by atoms with van der Waals surface area (Å²) in [5.41, 5.74) is 0.324. The second kappa shape index (κ2) is 5.91. The average Bonchev–Trinajstić information content (AvgIpc) is 2.30. The molecule has 18 heavy (non-hydrogen) atoms. The van der Waals surface area contributed by atoms with Gasteiger partial charge < -0.3 is 10.1 Å². The van der Waals surface area contributed by atoms with Crippen LogP contribution in [0.3, 0.4) is 0 Å². The predicted octanol–water partition coefficient (Wildman–Crippen LogP) is 3.89. The summed E-state index contributed by atoms with van der Waals surface area (Å²) in [5.74, 6) is 0.756. The first kappa shape index (κ1) is 14.6. The number of ether oxygens (including phenoxy) is 1. The van der Waals surface area contributed by atoms with Crippen molar-refractivity contribution in [1.82, 2.24) is 0 Å². The summed E-state index contributed by atoms with van der Waals surface area (Å²) in [5, 5.41) is 3.55. The maximum Gasteiger partial charge on any atom is 0.162 e. The number of methoxy groups -OCH3 is 1. The van der Waals surface area contributed by atoms with Crippen LogP contribution >= 0.6 is 11.6 Å². The third-order valence-corrected chi connectivity index (χ3v) is 2.72. The molecule has 0 aliphatic carbocycles. The van der Waals surface area contributed by atoms with Crippen molar-refractivity contribution in [3.05, 3.63) is 35.5 Å². The molecule has 4 heteroatoms. The fourth-order valence-corrected chi connectivity index (χ4v) is 1.37. The number of allylic oxidation sites excluding steroid dienone is 1. The van der Waals surface area contributed by atoms with Gasteiger partial charge in [0.2, 0.25) is 0 Å². The summed E-state index contributed by atoms with van der Waals surface area (Å²) in [6, 6.07) is 5.29. The summed E-state index contributed by atoms with van der Waals surface area (Å²) in [4.78, 5) is 11.7. The first-order chi connectivity index (χ1) is 8.34. The Labute approximate surface area is 113 Å². The molecule has 1 aromatic rings. The lowest BCUT2D eigenvalue weighted by Crippen LogP contribution is -2.17. The summed E-state index contributed by atoms with van der Waals surface area (Å²) in [6.07, 6.45) is 3.10. The molecule has 0 unspecified atom stereocenters. The van der Waals surface area contributed by atoms with E-state index in [0.717, 1.165) is 0 Å². The van der Waals surface area contributed by atoms with E-state index in [9.17, 15) is 4.79 Å². The lowest BCUT2D eigenvalue weighted by Gasteiger charge is -2.13. The molecule has 0 atom stereocenters. The molecule has 1 rings (SSSR count). The predicted molar refractivity (Wildman–Crippen MR) is 75.2 cm³/mol. The van der Waals surface area contributed by atoms with Gasteiger partial charge in [-0.25, -0.2) is 0 Å². The fourth-order valence-electron chi connectivity index (χ4n) is 1.20. The van der Waals surface area contributed by atoms with Crippen LogP contribution in [0.5, 0.6) is 5.75 Å². The van der Waals surface area contributed by atoms with E-state index >= 15 is 0 Å². The largest absolute Gasteiger partial charge is 0.497 e. The monoisotopic (exact) mass is 267 g/mol. The summed E-state index contributed by atoms with van der Waals surface area (Å²) >= 11 is 6.02. The number of hydrogen-bond donors (Lipinski definition) is 1. The van der Waals surface area contributed by atoms with Crippen molar-refractivity contribution in [1.29, 1.82) is 0 Å². The molecule has 0 aliphatic rings. The molecule has 3 nitrogen and oxygen atoms in total. The van der Waals surface area contributed by atoms with Gasteiger partial charge in [0.1, 0.15) is 5.75 Å². The molecule has 0 fully saturated rings. The minimum Gasteiger partial charge on any atom is -0.497 e. The van der Waals surface area contributed by atoms with Gasteiger partial charge in [-0.15, -0.1) is 0 Å². The second-order valence-electron chi connectivity index (χ2n) is 4.94. The fraction of sp³-hybridized carbons (Fsp3) is 0.357. The van der Waals surface area contributed by atoms with Crippen LogP contribution < -0.4 is 10.1 Å². The van der Waals surface area contributed by atoms with Crippen molar-refractivity contribution in [2.45, 2.75) is 20.8 Å². The molecule has 0 aromatic heterocycles. The minimum atomic E-state index is -0.379. The smallest absolute Gasteiger partial charge is 0.162 e. The van der Waals surface area contributed by atoms with E-state index in [-0.39, 0.29) is 11.2 Å². The van der Waals surface area contributed by atoms with Crippen LogP contribution in [0.4, 0.5) is 5.69 Å². The second-order valence-corrected chi connectivity index (χ2v) is 5.34. The van der Waals surface area contributed by atoms with E-state index in [1.807, 2.05) is 20.8 Å². The number of carbonyl (C=O) groups excluding carboxylic acids is 1. The van der Waals surface area contributed by atoms with Crippen LogP contribution in [-0.4, -0.2) is 12.9 Å². The van der Waals surface area contributed by atoms with E-state index in [1.165, 1.54) is 6.08 Å². The SMILES string of the molecule is COc1ccc(Cl)c(N/C=C/C(=O)C(C)(C)C)c1. The molecule has 0 saturated heterocycles. The van der Waals surface area contributed by atoms with Crippen molar-refractivity contribution in [2.75, 3.05) is 12.4 Å². The molecule has 0 aliphatic heterocycles. The Bertz CT molecular complexity index is 461. The number of anilines is 1. The Balaban J connectivity index is 2.74. The Morgan fingerprint density at radius 2 is 2.06 bits per heavy atom. The maximum absolute atomic E-state index is 11.7. The number of carbonyl (C=O) groups is 1. The highest BCUT2D eigenvalue weighted by Crippen LogP contribution is 2.26. The number of nitrogens with one attached hydrogen (secondary N) is 1. The quantitative estimate of drug-likeness (QED) is 0.841. The van der Waals surface area contributed by atoms with Gasteiger partial charge in [-0.1, -0.05) is 32.4 Å². The zero-order valence-electron chi connectivity index (χ0n) is 11.1. The molecule has 0 amide bonds. The summed E-state index contributed by atoms with van der Waals surface area (Å²) < 4.78 is 5.10. The number of hydrogen-bond acceptors (Lipinski definition) is 3. The van der Waals surface area contributed by atoms with Crippen molar-refractivity contribution in [3.8, 4) is 5.75 Å². The van der Waals surface area contributed by atoms with Crippen molar-refractivity contribution in [2.24, 2.45) is 5.41 Å². The molecule has 1 N–H and O–H groups in total. The normalized spacial score (nSPS) is 11.6. The lowest BCUT2D eigenvalue weighted by atomic mass is 9.91. The van der Waals surface area contributed by atoms with Crippen LogP contribution in [0.2, 0.25) is 5.02 Å². The van der Waals surface area contributed by atoms with Crippen molar-refractivity contribution in [3.63, 3.8) is 0 Å². The van der Waals surface area contributed by atoms with Crippen LogP contribution in [0.25, 0.3) is 0 Å². The highest BCUT2D eigenvalue weighted by molar-refractivity contribution is 6.33. The first-order valence-corrected chi connectivity index (χ1v) is 6.03. The van der Waals surface area contributed by atoms with Crippen LogP contribution in [0, 0.1) is 5.41 Å². The zero-order valence-corrected chi connectivity index (χ0v) is 11.8. The van der Waals surface area contributed by atoms with Crippen molar-refractivity contribution < 1.29 is 9.53 Å². The summed E-state index contributed by atoms with van der Waals surface area (Å²) in [7, 11) is 1.59. The highest BCUT2D eigenvalue weighted by Gasteiger charge is 2.17. The molecule has 98 valence electrons. The number of ketones is 1. The average molecular weight is 268 g/mol. The van der Waals surface area contributed by atoms with E-state index < -0.39 is 0 Å². The van der Waals surface area contributed by atoms with Gasteiger partial charge in [0.15, 0.2) is 5.78 Å². The third-order valence-electron chi connectivity index (χ3n) is 2.39. The number of halogens is 1. The van der Waals surface area contributed by atoms with Gasteiger partial charge in [-0.05, 0) is 18.2 Å². The maximum atomic E-state index is 11.7. The van der Waals surface area contributed by atoms with Gasteiger partial charge in [0.25, 0.3) is 0 Å². The minimum absolute atomic E-state index is 0.0500. The molecule has 0 spiro atoms. The Morgan fingerprint density at radius 3 is 2.61 bits per heavy atom. The van der Waals surface area contributed by atoms with Gasteiger partial charge in [-0.2, -0.15) is 0 Å². The molecule has 0 bridgehead atoms. The topological polar surface area (TPSA) is 38.3 Å². The standard InChI is InChI=1S/C14H18ClNO2/c1-14(2,3)13(17)7-8-16-12-9-10(18-4)5-6-11(12)15/h5-9,16H,1-4H3/b8-7+. The van der Waals surface area contributed by atoms with E-state index in [4.69, 9.17) is 16.3 Å². The Morgan fingerprint density at radius 1 is 1.39 bits per heavy atom. The van der Waals surface area contributed by atoms with Crippen LogP contribution in [0.15, 0.2) is 30.5 Å². The Kier molecular flexibility index (Phi) is 4.79. The molecular weight excluding hydrogens is 250 g/mol. The number of benzene rings is 1. The van der Waals surface area contributed by atoms with Gasteiger partial charge in [0.05, 0.1) is 17.8 Å².